The number of hydrogen-bond donors (Lipinski definition) is 2. The Morgan fingerprint density at radius 2 is 1.69 bits per heavy atom. The van der Waals surface area contributed by atoms with Crippen LogP contribution in [0.4, 0.5) is 19.6 Å². The van der Waals surface area contributed by atoms with Gasteiger partial charge in [-0.25, -0.2) is 22.2 Å². The largest absolute Gasteiger partial charge is 0.351 e. The number of thiazole rings is 1. The van der Waals surface area contributed by atoms with Crippen molar-refractivity contribution in [2.45, 2.75) is 4.90 Å². The van der Waals surface area contributed by atoms with Crippen LogP contribution in [0.15, 0.2) is 65.6 Å². The van der Waals surface area contributed by atoms with Crippen molar-refractivity contribution in [3.8, 4) is 0 Å². The van der Waals surface area contributed by atoms with Crippen LogP contribution >= 0.6 is 22.9 Å². The molecule has 1 saturated heterocycles. The predicted octanol–water partition coefficient (Wildman–Crippen LogP) is 4.58. The van der Waals surface area contributed by atoms with Gasteiger partial charge < -0.3 is 10.2 Å². The van der Waals surface area contributed by atoms with Gasteiger partial charge in [0.1, 0.15) is 11.3 Å². The lowest BCUT2D eigenvalue weighted by molar-refractivity contribution is 0.0948. The second kappa shape index (κ2) is 11.4. The van der Waals surface area contributed by atoms with Crippen LogP contribution in [0, 0.1) is 11.6 Å². The average Bonchev–Trinajstić information content (AvgIpc) is 3.34. The summed E-state index contributed by atoms with van der Waals surface area (Å²) in [5, 5.41) is 3.99. The minimum Gasteiger partial charge on any atom is -0.351 e. The highest BCUT2D eigenvalue weighted by Gasteiger charge is 2.21. The Morgan fingerprint density at radius 1 is 1.00 bits per heavy atom. The average molecular weight is 592 g/mol. The smallest absolute Gasteiger partial charge is 0.261 e. The molecule has 8 nitrogen and oxygen atoms in total. The van der Waals surface area contributed by atoms with Gasteiger partial charge in [0.2, 0.25) is 0 Å². The third-order valence-electron chi connectivity index (χ3n) is 6.28. The Kier molecular flexibility index (Phi) is 7.98. The first-order chi connectivity index (χ1) is 18.7. The summed E-state index contributed by atoms with van der Waals surface area (Å²) < 4.78 is 55.5. The van der Waals surface area contributed by atoms with E-state index in [4.69, 9.17) is 11.6 Å². The number of hydrogen-bond acceptors (Lipinski definition) is 7. The van der Waals surface area contributed by atoms with Crippen molar-refractivity contribution in [1.29, 1.82) is 0 Å². The van der Waals surface area contributed by atoms with Crippen molar-refractivity contribution in [2.75, 3.05) is 48.9 Å². The fraction of sp³-hybridized carbons (Fsp3) is 0.231. The molecule has 0 radical (unpaired) electrons. The first-order valence-corrected chi connectivity index (χ1v) is 14.8. The molecule has 1 amide bonds. The molecule has 2 heterocycles. The van der Waals surface area contributed by atoms with E-state index in [1.165, 1.54) is 53.8 Å². The van der Waals surface area contributed by atoms with E-state index in [9.17, 15) is 22.0 Å². The van der Waals surface area contributed by atoms with Gasteiger partial charge in [-0.05, 0) is 54.6 Å². The van der Waals surface area contributed by atoms with Gasteiger partial charge >= 0.3 is 0 Å². The molecular weight excluding hydrogens is 568 g/mol. The predicted molar refractivity (Wildman–Crippen MR) is 149 cm³/mol. The SMILES string of the molecule is O=C(NCCN1CCN(c2nc3c(F)cc(F)cc3s2)CC1)c1ccc(NS(=O)(=O)c2ccc(Cl)cc2)cc1. The fourth-order valence-corrected chi connectivity index (χ4v) is 6.43. The molecule has 39 heavy (non-hydrogen) atoms. The molecule has 0 aliphatic carbocycles. The maximum absolute atomic E-state index is 14.0. The first-order valence-electron chi connectivity index (χ1n) is 12.1. The van der Waals surface area contributed by atoms with Gasteiger partial charge in [-0.2, -0.15) is 0 Å². The van der Waals surface area contributed by atoms with Crippen LogP contribution in [0.3, 0.4) is 0 Å². The molecule has 1 fully saturated rings. The second-order valence-corrected chi connectivity index (χ2v) is 12.1. The summed E-state index contributed by atoms with van der Waals surface area (Å²) in [6.07, 6.45) is 0. The summed E-state index contributed by atoms with van der Waals surface area (Å²) in [6.45, 7) is 3.94. The van der Waals surface area contributed by atoms with Crippen LogP contribution in [-0.4, -0.2) is 63.5 Å². The lowest BCUT2D eigenvalue weighted by atomic mass is 10.2. The van der Waals surface area contributed by atoms with Crippen molar-refractivity contribution in [2.24, 2.45) is 0 Å². The normalized spacial score (nSPS) is 14.5. The molecule has 204 valence electrons. The quantitative estimate of drug-likeness (QED) is 0.312. The number of nitrogens with zero attached hydrogens (tertiary/aromatic N) is 3. The van der Waals surface area contributed by atoms with Gasteiger partial charge in [0.25, 0.3) is 15.9 Å². The number of anilines is 2. The maximum Gasteiger partial charge on any atom is 0.261 e. The van der Waals surface area contributed by atoms with Gasteiger partial charge in [0.15, 0.2) is 10.9 Å². The summed E-state index contributed by atoms with van der Waals surface area (Å²) in [6, 6.07) is 14.1. The van der Waals surface area contributed by atoms with E-state index in [0.29, 0.717) is 52.3 Å². The Morgan fingerprint density at radius 3 is 2.38 bits per heavy atom. The van der Waals surface area contributed by atoms with Crippen molar-refractivity contribution in [3.63, 3.8) is 0 Å². The molecule has 4 aromatic rings. The Balaban J connectivity index is 1.08. The van der Waals surface area contributed by atoms with E-state index in [1.807, 2.05) is 0 Å². The molecule has 0 atom stereocenters. The molecule has 0 saturated carbocycles. The topological polar surface area (TPSA) is 94.6 Å². The Labute approximate surface area is 233 Å². The monoisotopic (exact) mass is 591 g/mol. The van der Waals surface area contributed by atoms with Gasteiger partial charge in [0, 0.05) is 61.6 Å². The van der Waals surface area contributed by atoms with Crippen LogP contribution in [0.25, 0.3) is 10.2 Å². The summed E-state index contributed by atoms with van der Waals surface area (Å²) >= 11 is 7.09. The van der Waals surface area contributed by atoms with Crippen LogP contribution in [-0.2, 0) is 10.0 Å². The van der Waals surface area contributed by atoms with E-state index in [-0.39, 0.29) is 16.3 Å². The number of aromatic nitrogens is 1. The van der Waals surface area contributed by atoms with Gasteiger partial charge in [0.05, 0.1) is 9.60 Å². The van der Waals surface area contributed by atoms with Crippen molar-refractivity contribution in [1.82, 2.24) is 15.2 Å². The number of nitrogens with one attached hydrogen (secondary N) is 2. The highest BCUT2D eigenvalue weighted by Crippen LogP contribution is 2.31. The van der Waals surface area contributed by atoms with Gasteiger partial charge in [-0.1, -0.05) is 22.9 Å². The number of carbonyl (C=O) groups is 1. The number of amides is 1. The lowest BCUT2D eigenvalue weighted by Gasteiger charge is -2.34. The summed E-state index contributed by atoms with van der Waals surface area (Å²) in [5.41, 5.74) is 0.933. The molecule has 3 aromatic carbocycles. The fourth-order valence-electron chi connectivity index (χ4n) is 4.19. The van der Waals surface area contributed by atoms with E-state index >= 15 is 0 Å². The minimum absolute atomic E-state index is 0.0823. The van der Waals surface area contributed by atoms with E-state index in [2.05, 4.69) is 24.8 Å². The van der Waals surface area contributed by atoms with Crippen LogP contribution in [0.2, 0.25) is 5.02 Å². The lowest BCUT2D eigenvalue weighted by Crippen LogP contribution is -2.48. The zero-order valence-corrected chi connectivity index (χ0v) is 22.9. The molecule has 13 heteroatoms. The van der Waals surface area contributed by atoms with Gasteiger partial charge in [-0.15, -0.1) is 0 Å². The zero-order valence-electron chi connectivity index (χ0n) is 20.5. The van der Waals surface area contributed by atoms with Crippen LogP contribution < -0.4 is 14.9 Å². The molecule has 0 bridgehead atoms. The van der Waals surface area contributed by atoms with E-state index in [1.54, 1.807) is 12.1 Å². The second-order valence-electron chi connectivity index (χ2n) is 8.95. The number of piperazine rings is 1. The number of benzene rings is 3. The van der Waals surface area contributed by atoms with E-state index in [0.717, 1.165) is 19.2 Å². The highest BCUT2D eigenvalue weighted by molar-refractivity contribution is 7.92. The maximum atomic E-state index is 14.0. The van der Waals surface area contributed by atoms with Gasteiger partial charge in [-0.3, -0.25) is 14.4 Å². The molecule has 0 unspecified atom stereocenters. The van der Waals surface area contributed by atoms with E-state index < -0.39 is 21.7 Å². The Hall–Kier alpha value is -3.32. The highest BCUT2D eigenvalue weighted by atomic mass is 35.5. The molecule has 1 aromatic heterocycles. The third kappa shape index (κ3) is 6.47. The standard InChI is InChI=1S/C26H24ClF2N5O3S2/c27-18-3-7-21(8-4-18)39(36,37)32-20-5-1-17(2-6-20)25(35)30-9-10-33-11-13-34(14-12-33)26-31-24-22(29)15-19(28)16-23(24)38-26/h1-8,15-16,32H,9-14H2,(H,30,35). The molecular formula is C26H24ClF2N5O3S2. The van der Waals surface area contributed by atoms with Crippen LogP contribution in [0.5, 0.6) is 0 Å². The first kappa shape index (κ1) is 27.3. The third-order valence-corrected chi connectivity index (χ3v) is 8.99. The van der Waals surface area contributed by atoms with Crippen molar-refractivity contribution < 1.29 is 22.0 Å². The minimum atomic E-state index is -3.78. The number of rotatable bonds is 8. The molecule has 1 aliphatic heterocycles. The summed E-state index contributed by atoms with van der Waals surface area (Å²) in [7, 11) is -3.78. The van der Waals surface area contributed by atoms with Crippen LogP contribution in [0.1, 0.15) is 10.4 Å². The summed E-state index contributed by atoms with van der Waals surface area (Å²) in [4.78, 5) is 21.3. The zero-order chi connectivity index (χ0) is 27.6. The number of carbonyl (C=O) groups excluding carboxylic acids is 1. The molecule has 5 rings (SSSR count). The summed E-state index contributed by atoms with van der Waals surface area (Å²) in [5.74, 6) is -1.53. The molecule has 2 N–H and O–H groups in total. The Bertz CT molecular complexity index is 1590. The molecule has 1 aliphatic rings. The van der Waals surface area contributed by atoms with Crippen molar-refractivity contribution >= 4 is 59.9 Å². The molecule has 0 spiro atoms. The number of halogens is 3. The number of fused-ring (bicyclic) bond motifs is 1. The number of sulfonamides is 1. The van der Waals surface area contributed by atoms with Crippen molar-refractivity contribution in [3.05, 3.63) is 82.9 Å².